The van der Waals surface area contributed by atoms with Gasteiger partial charge in [0, 0.05) is 5.92 Å². The predicted octanol–water partition coefficient (Wildman–Crippen LogP) is 2.46. The van der Waals surface area contributed by atoms with Gasteiger partial charge in [0.1, 0.15) is 0 Å². The first-order valence-corrected chi connectivity index (χ1v) is 7.28. The summed E-state index contributed by atoms with van der Waals surface area (Å²) in [5, 5.41) is 0. The molecule has 0 radical (unpaired) electrons. The molecule has 2 aromatic carbocycles. The van der Waals surface area contributed by atoms with Crippen LogP contribution < -0.4 is 0 Å². The van der Waals surface area contributed by atoms with E-state index in [0.717, 1.165) is 0 Å². The van der Waals surface area contributed by atoms with Crippen molar-refractivity contribution in [3.63, 3.8) is 0 Å². The van der Waals surface area contributed by atoms with E-state index in [-0.39, 0.29) is 22.3 Å². The van der Waals surface area contributed by atoms with Crippen LogP contribution in [0.5, 0.6) is 0 Å². The van der Waals surface area contributed by atoms with Gasteiger partial charge < -0.3 is 9.47 Å². The average Bonchev–Trinajstić information content (AvgIpc) is 3.03. The van der Waals surface area contributed by atoms with Gasteiger partial charge in [-0.1, -0.05) is 31.2 Å². The molecule has 2 heterocycles. The van der Waals surface area contributed by atoms with E-state index in [4.69, 9.17) is 0 Å². The van der Waals surface area contributed by atoms with Gasteiger partial charge in [-0.2, -0.15) is 0 Å². The van der Waals surface area contributed by atoms with E-state index >= 15 is 0 Å². The molecule has 0 saturated carbocycles. The summed E-state index contributed by atoms with van der Waals surface area (Å²) in [5.74, 6) is -3.19. The van der Waals surface area contributed by atoms with Crippen LogP contribution in [0.1, 0.15) is 65.4 Å². The summed E-state index contributed by atoms with van der Waals surface area (Å²) in [5.41, 5.74) is 1.93. The average molecular weight is 322 g/mol. The Hall–Kier alpha value is -3.28. The van der Waals surface area contributed by atoms with E-state index in [1.807, 2.05) is 0 Å². The molecule has 2 aliphatic heterocycles. The summed E-state index contributed by atoms with van der Waals surface area (Å²) in [7, 11) is 0. The Morgan fingerprint density at radius 1 is 0.667 bits per heavy atom. The molecule has 0 spiro atoms. The second-order valence-electron chi connectivity index (χ2n) is 5.62. The van der Waals surface area contributed by atoms with Crippen LogP contribution >= 0.6 is 0 Å². The topological polar surface area (TPSA) is 86.7 Å². The number of rotatable bonds is 2. The molecular weight excluding hydrogens is 312 g/mol. The van der Waals surface area contributed by atoms with Gasteiger partial charge in [-0.25, -0.2) is 19.2 Å². The van der Waals surface area contributed by atoms with Gasteiger partial charge in [-0.05, 0) is 23.3 Å². The zero-order valence-corrected chi connectivity index (χ0v) is 12.5. The maximum Gasteiger partial charge on any atom is 0.347 e. The summed E-state index contributed by atoms with van der Waals surface area (Å²) in [6, 6.07) is 9.74. The molecule has 118 valence electrons. The van der Waals surface area contributed by atoms with Crippen LogP contribution in [0.25, 0.3) is 0 Å². The van der Waals surface area contributed by atoms with Gasteiger partial charge in [0.25, 0.3) is 0 Å². The van der Waals surface area contributed by atoms with Crippen molar-refractivity contribution in [3.05, 3.63) is 69.8 Å². The highest BCUT2D eigenvalue weighted by atomic mass is 16.6. The highest BCUT2D eigenvalue weighted by Crippen LogP contribution is 2.36. The Labute approximate surface area is 136 Å². The Morgan fingerprint density at radius 3 is 1.50 bits per heavy atom. The Morgan fingerprint density at radius 2 is 1.08 bits per heavy atom. The third kappa shape index (κ3) is 1.83. The van der Waals surface area contributed by atoms with Gasteiger partial charge in [-0.15, -0.1) is 0 Å². The first kappa shape index (κ1) is 14.3. The highest BCUT2D eigenvalue weighted by molar-refractivity contribution is 6.17. The largest absolute Gasteiger partial charge is 0.386 e. The third-order valence-electron chi connectivity index (χ3n) is 4.35. The van der Waals surface area contributed by atoms with E-state index in [0.29, 0.717) is 11.1 Å². The zero-order chi connectivity index (χ0) is 17.0. The number of carbonyl (C=O) groups is 4. The molecule has 0 unspecified atom stereocenters. The minimum Gasteiger partial charge on any atom is -0.386 e. The van der Waals surface area contributed by atoms with Crippen LogP contribution in [0, 0.1) is 0 Å². The predicted molar refractivity (Wildman–Crippen MR) is 79.9 cm³/mol. The molecule has 2 aromatic rings. The second-order valence-corrected chi connectivity index (χ2v) is 5.62. The van der Waals surface area contributed by atoms with E-state index in [9.17, 15) is 19.2 Å². The Balaban J connectivity index is 1.90. The Bertz CT molecular complexity index is 878. The summed E-state index contributed by atoms with van der Waals surface area (Å²) in [6.07, 6.45) is 0. The monoisotopic (exact) mass is 322 g/mol. The molecule has 0 aliphatic carbocycles. The van der Waals surface area contributed by atoms with Crippen molar-refractivity contribution in [1.29, 1.82) is 0 Å². The van der Waals surface area contributed by atoms with E-state index < -0.39 is 29.8 Å². The van der Waals surface area contributed by atoms with Crippen LogP contribution in [0.2, 0.25) is 0 Å². The lowest BCUT2D eigenvalue weighted by Gasteiger charge is -2.16. The van der Waals surface area contributed by atoms with Crippen molar-refractivity contribution in [1.82, 2.24) is 0 Å². The number of fused-ring (bicyclic) bond motifs is 2. The van der Waals surface area contributed by atoms with E-state index in [1.165, 1.54) is 12.1 Å². The molecular formula is C18H10O6. The van der Waals surface area contributed by atoms with Crippen LogP contribution in [0.3, 0.4) is 0 Å². The fraction of sp³-hybridized carbons (Fsp3) is 0.111. The van der Waals surface area contributed by atoms with Crippen LogP contribution in [-0.4, -0.2) is 23.9 Å². The lowest BCUT2D eigenvalue weighted by atomic mass is 9.85. The highest BCUT2D eigenvalue weighted by Gasteiger charge is 2.37. The minimum absolute atomic E-state index is 0.199. The molecule has 6 heteroatoms. The minimum atomic E-state index is -0.705. The molecule has 0 saturated heterocycles. The third-order valence-corrected chi connectivity index (χ3v) is 4.35. The van der Waals surface area contributed by atoms with Gasteiger partial charge >= 0.3 is 23.9 Å². The van der Waals surface area contributed by atoms with Crippen molar-refractivity contribution in [2.75, 3.05) is 0 Å². The van der Waals surface area contributed by atoms with Crippen molar-refractivity contribution < 1.29 is 28.7 Å². The number of cyclic esters (lactones) is 4. The quantitative estimate of drug-likeness (QED) is 0.623. The molecule has 6 nitrogen and oxygen atoms in total. The van der Waals surface area contributed by atoms with Crippen molar-refractivity contribution in [3.8, 4) is 0 Å². The van der Waals surface area contributed by atoms with Gasteiger partial charge in [0.05, 0.1) is 22.3 Å². The summed E-state index contributed by atoms with van der Waals surface area (Å²) in [4.78, 5) is 47.4. The smallest absolute Gasteiger partial charge is 0.347 e. The second kappa shape index (κ2) is 4.86. The fourth-order valence-corrected chi connectivity index (χ4v) is 3.21. The molecule has 0 atom stereocenters. The molecule has 24 heavy (non-hydrogen) atoms. The van der Waals surface area contributed by atoms with Gasteiger partial charge in [0.15, 0.2) is 0 Å². The lowest BCUT2D eigenvalue weighted by molar-refractivity contribution is 0.0426. The molecule has 2 aliphatic rings. The number of benzene rings is 2. The van der Waals surface area contributed by atoms with E-state index in [1.54, 1.807) is 31.2 Å². The normalized spacial score (nSPS) is 15.4. The maximum atomic E-state index is 12.0. The molecule has 0 N–H and O–H groups in total. The van der Waals surface area contributed by atoms with Crippen molar-refractivity contribution >= 4 is 23.9 Å². The molecule has 0 bridgehead atoms. The van der Waals surface area contributed by atoms with Crippen LogP contribution in [0.4, 0.5) is 0 Å². The maximum absolute atomic E-state index is 12.0. The summed E-state index contributed by atoms with van der Waals surface area (Å²) < 4.78 is 9.33. The first-order valence-electron chi connectivity index (χ1n) is 7.28. The summed E-state index contributed by atoms with van der Waals surface area (Å²) >= 11 is 0. The zero-order valence-electron chi connectivity index (χ0n) is 12.5. The Kier molecular flexibility index (Phi) is 2.90. The van der Waals surface area contributed by atoms with Crippen molar-refractivity contribution in [2.45, 2.75) is 12.8 Å². The van der Waals surface area contributed by atoms with E-state index in [2.05, 4.69) is 9.47 Å². The molecule has 0 fully saturated rings. The van der Waals surface area contributed by atoms with Gasteiger partial charge in [0.2, 0.25) is 0 Å². The number of hydrogen-bond donors (Lipinski definition) is 0. The summed E-state index contributed by atoms with van der Waals surface area (Å²) in [6.45, 7) is 1.79. The number of ether oxygens (including phenoxy) is 2. The first-order chi connectivity index (χ1) is 11.5. The van der Waals surface area contributed by atoms with Crippen LogP contribution in [-0.2, 0) is 9.47 Å². The van der Waals surface area contributed by atoms with Crippen LogP contribution in [0.15, 0.2) is 36.4 Å². The standard InChI is InChI=1S/C18H10O6/c1-8(9-4-2-6-11-13(9)17(21)23-15(11)19)10-5-3-7-12-14(10)18(22)24-16(12)20/h2-8H,1H3. The van der Waals surface area contributed by atoms with Crippen molar-refractivity contribution in [2.24, 2.45) is 0 Å². The number of hydrogen-bond acceptors (Lipinski definition) is 6. The van der Waals surface area contributed by atoms with Gasteiger partial charge in [-0.3, -0.25) is 0 Å². The SMILES string of the molecule is CC(c1cccc2c1C(=O)OC2=O)c1cccc2c1C(=O)OC2=O. The number of esters is 4. The molecule has 0 aromatic heterocycles. The fourth-order valence-electron chi connectivity index (χ4n) is 3.21. The molecule has 0 amide bonds. The number of carbonyl (C=O) groups excluding carboxylic acids is 4. The molecule has 4 rings (SSSR count). The lowest BCUT2D eigenvalue weighted by Crippen LogP contribution is -2.09.